The van der Waals surface area contributed by atoms with Crippen molar-refractivity contribution < 1.29 is 42.1 Å². The molecule has 0 fully saturated rings. The van der Waals surface area contributed by atoms with Crippen LogP contribution in [-0.4, -0.2) is 47.4 Å². The standard InChI is InChI=1S/3C3H8O.CH4O.Ti/c3*1-2-3-4;1-2;/h3*4H,2-3H2,1H3;2H,1H3;. The van der Waals surface area contributed by atoms with Gasteiger partial charge in [-0.3, -0.25) is 0 Å². The molecule has 0 amide bonds. The summed E-state index contributed by atoms with van der Waals surface area (Å²) >= 11 is 0. The quantitative estimate of drug-likeness (QED) is 0.565. The fourth-order valence-electron chi connectivity index (χ4n) is 0. The first-order valence-corrected chi connectivity index (χ1v) is 5.02. The Balaban J connectivity index is -0.0000000298. The Morgan fingerprint density at radius 2 is 0.667 bits per heavy atom. The van der Waals surface area contributed by atoms with Gasteiger partial charge in [0.05, 0.1) is 0 Å². The molecule has 0 bridgehead atoms. The van der Waals surface area contributed by atoms with Crippen LogP contribution in [0.25, 0.3) is 0 Å². The Morgan fingerprint density at radius 3 is 0.667 bits per heavy atom. The molecule has 4 N–H and O–H groups in total. The summed E-state index contributed by atoms with van der Waals surface area (Å²) < 4.78 is 0. The van der Waals surface area contributed by atoms with Gasteiger partial charge in [-0.2, -0.15) is 0 Å². The summed E-state index contributed by atoms with van der Waals surface area (Å²) in [5.41, 5.74) is 0. The van der Waals surface area contributed by atoms with Crippen LogP contribution < -0.4 is 0 Å². The maximum Gasteiger partial charge on any atom is 0.0428 e. The van der Waals surface area contributed by atoms with Crippen molar-refractivity contribution in [1.82, 2.24) is 0 Å². The number of hydrogen-bond donors (Lipinski definition) is 4. The van der Waals surface area contributed by atoms with E-state index in [1.54, 1.807) is 0 Å². The van der Waals surface area contributed by atoms with E-state index in [0.717, 1.165) is 26.4 Å². The van der Waals surface area contributed by atoms with Gasteiger partial charge in [0.15, 0.2) is 0 Å². The smallest absolute Gasteiger partial charge is 0.0428 e. The third kappa shape index (κ3) is 182. The molecule has 0 aromatic rings. The molecule has 96 valence electrons. The fourth-order valence-corrected chi connectivity index (χ4v) is 0. The van der Waals surface area contributed by atoms with Gasteiger partial charge in [0.25, 0.3) is 0 Å². The first-order valence-electron chi connectivity index (χ1n) is 5.02. The molecule has 0 heterocycles. The van der Waals surface area contributed by atoms with Gasteiger partial charge in [-0.1, -0.05) is 20.8 Å². The van der Waals surface area contributed by atoms with Crippen LogP contribution in [0, 0.1) is 0 Å². The fraction of sp³-hybridized carbons (Fsp3) is 1.00. The van der Waals surface area contributed by atoms with E-state index in [-0.39, 0.29) is 21.7 Å². The second kappa shape index (κ2) is 62.2. The topological polar surface area (TPSA) is 80.9 Å². The molecular weight excluding hydrogens is 232 g/mol. The minimum atomic E-state index is 0. The molecule has 0 rings (SSSR count). The van der Waals surface area contributed by atoms with Gasteiger partial charge in [0.2, 0.25) is 0 Å². The van der Waals surface area contributed by atoms with Crippen LogP contribution in [0.5, 0.6) is 0 Å². The maximum absolute atomic E-state index is 7.88. The number of hydrogen-bond acceptors (Lipinski definition) is 4. The molecule has 5 heteroatoms. The Morgan fingerprint density at radius 1 is 0.600 bits per heavy atom. The third-order valence-corrected chi connectivity index (χ3v) is 0.671. The van der Waals surface area contributed by atoms with Gasteiger partial charge >= 0.3 is 0 Å². The maximum atomic E-state index is 7.88. The molecule has 0 radical (unpaired) electrons. The SMILES string of the molecule is CCCO.CCCO.CCCO.CO.[Ti]. The molecule has 0 aliphatic carbocycles. The summed E-state index contributed by atoms with van der Waals surface area (Å²) in [5, 5.41) is 30.6. The molecule has 0 saturated heterocycles. The molecule has 0 aliphatic rings. The van der Waals surface area contributed by atoms with Crippen LogP contribution in [0.1, 0.15) is 40.0 Å². The summed E-state index contributed by atoms with van der Waals surface area (Å²) in [5.74, 6) is 0. The molecule has 0 saturated carbocycles. The molecule has 15 heavy (non-hydrogen) atoms. The number of rotatable bonds is 3. The molecule has 4 nitrogen and oxygen atoms in total. The van der Waals surface area contributed by atoms with Crippen LogP contribution in [0.15, 0.2) is 0 Å². The Labute approximate surface area is 109 Å². The molecular formula is C10H28O4Ti. The Bertz CT molecular complexity index is 32.9. The van der Waals surface area contributed by atoms with Crippen molar-refractivity contribution in [1.29, 1.82) is 0 Å². The van der Waals surface area contributed by atoms with E-state index >= 15 is 0 Å². The molecule has 0 unspecified atom stereocenters. The first-order chi connectivity index (χ1) is 6.74. The zero-order chi connectivity index (χ0) is 12.2. The molecule has 0 aromatic heterocycles. The van der Waals surface area contributed by atoms with Crippen molar-refractivity contribution in [3.8, 4) is 0 Å². The van der Waals surface area contributed by atoms with Crippen molar-refractivity contribution in [2.75, 3.05) is 26.9 Å². The normalized spacial score (nSPS) is 6.40. The van der Waals surface area contributed by atoms with Crippen LogP contribution in [0.2, 0.25) is 0 Å². The predicted molar refractivity (Wildman–Crippen MR) is 60.3 cm³/mol. The van der Waals surface area contributed by atoms with Gasteiger partial charge in [0, 0.05) is 48.6 Å². The largest absolute Gasteiger partial charge is 0.400 e. The average Bonchev–Trinajstić information content (AvgIpc) is 2.31. The van der Waals surface area contributed by atoms with E-state index in [2.05, 4.69) is 0 Å². The van der Waals surface area contributed by atoms with Crippen molar-refractivity contribution in [2.24, 2.45) is 0 Å². The van der Waals surface area contributed by atoms with Gasteiger partial charge < -0.3 is 20.4 Å². The molecule has 0 aromatic carbocycles. The molecule has 0 atom stereocenters. The molecule has 0 spiro atoms. The van der Waals surface area contributed by atoms with Crippen molar-refractivity contribution in [3.63, 3.8) is 0 Å². The Kier molecular flexibility index (Phi) is 123. The number of aliphatic hydroxyl groups excluding tert-OH is 4. The van der Waals surface area contributed by atoms with Gasteiger partial charge in [0.1, 0.15) is 0 Å². The van der Waals surface area contributed by atoms with Crippen molar-refractivity contribution >= 4 is 0 Å². The minimum absolute atomic E-state index is 0. The third-order valence-electron chi connectivity index (χ3n) is 0.671. The van der Waals surface area contributed by atoms with Gasteiger partial charge in [-0.05, 0) is 19.3 Å². The van der Waals surface area contributed by atoms with Gasteiger partial charge in [-0.15, -0.1) is 0 Å². The van der Waals surface area contributed by atoms with E-state index in [1.807, 2.05) is 20.8 Å². The summed E-state index contributed by atoms with van der Waals surface area (Å²) in [6, 6.07) is 0. The van der Waals surface area contributed by atoms with E-state index in [4.69, 9.17) is 20.4 Å². The van der Waals surface area contributed by atoms with Crippen molar-refractivity contribution in [3.05, 3.63) is 0 Å². The summed E-state index contributed by atoms with van der Waals surface area (Å²) in [7, 11) is 1.00. The summed E-state index contributed by atoms with van der Waals surface area (Å²) in [4.78, 5) is 0. The summed E-state index contributed by atoms with van der Waals surface area (Å²) in [6.07, 6.45) is 2.62. The van der Waals surface area contributed by atoms with Crippen LogP contribution in [0.4, 0.5) is 0 Å². The second-order valence-electron chi connectivity index (χ2n) is 2.17. The molecule has 0 aliphatic heterocycles. The monoisotopic (exact) mass is 260 g/mol. The summed E-state index contributed by atoms with van der Waals surface area (Å²) in [6.45, 7) is 6.75. The van der Waals surface area contributed by atoms with Crippen molar-refractivity contribution in [2.45, 2.75) is 40.0 Å². The van der Waals surface area contributed by atoms with Gasteiger partial charge in [-0.25, -0.2) is 0 Å². The van der Waals surface area contributed by atoms with E-state index < -0.39 is 0 Å². The average molecular weight is 260 g/mol. The van der Waals surface area contributed by atoms with Crippen LogP contribution >= 0.6 is 0 Å². The predicted octanol–water partition coefficient (Wildman–Crippen LogP) is 0.772. The van der Waals surface area contributed by atoms with Crippen LogP contribution in [0.3, 0.4) is 0 Å². The first kappa shape index (κ1) is 29.6. The second-order valence-corrected chi connectivity index (χ2v) is 2.17. The zero-order valence-electron chi connectivity index (χ0n) is 10.5. The van der Waals surface area contributed by atoms with Crippen LogP contribution in [-0.2, 0) is 21.7 Å². The van der Waals surface area contributed by atoms with E-state index in [1.165, 1.54) is 0 Å². The Hall–Kier alpha value is 0.554. The number of aliphatic hydroxyl groups is 4. The van der Waals surface area contributed by atoms with E-state index in [9.17, 15) is 0 Å². The minimum Gasteiger partial charge on any atom is -0.400 e. The van der Waals surface area contributed by atoms with E-state index in [0.29, 0.717) is 19.8 Å². The zero-order valence-corrected chi connectivity index (χ0v) is 12.1.